The van der Waals surface area contributed by atoms with Gasteiger partial charge in [0.05, 0.1) is 6.54 Å². The van der Waals surface area contributed by atoms with Crippen molar-refractivity contribution in [2.24, 2.45) is 7.05 Å². The molecule has 0 spiro atoms. The van der Waals surface area contributed by atoms with Gasteiger partial charge in [0.2, 0.25) is 0 Å². The van der Waals surface area contributed by atoms with Gasteiger partial charge in [-0.1, -0.05) is 48.2 Å². The smallest absolute Gasteiger partial charge is 0.309 e. The second-order valence-corrected chi connectivity index (χ2v) is 6.86. The molecule has 0 bridgehead atoms. The van der Waals surface area contributed by atoms with Crippen molar-refractivity contribution in [2.75, 3.05) is 0 Å². The Hall–Kier alpha value is -2.54. The van der Waals surface area contributed by atoms with Crippen molar-refractivity contribution in [1.82, 2.24) is 19.1 Å². The quantitative estimate of drug-likeness (QED) is 0.569. The van der Waals surface area contributed by atoms with E-state index in [2.05, 4.69) is 16.5 Å². The molecule has 24 heavy (non-hydrogen) atoms. The molecule has 3 rings (SSSR count). The molecule has 124 valence electrons. The molecule has 0 aliphatic carbocycles. The summed E-state index contributed by atoms with van der Waals surface area (Å²) in [6, 6.07) is 9.84. The Morgan fingerprint density at radius 2 is 2.04 bits per heavy atom. The third kappa shape index (κ3) is 2.94. The van der Waals surface area contributed by atoms with E-state index in [1.807, 2.05) is 47.9 Å². The zero-order valence-electron chi connectivity index (χ0n) is 13.5. The average Bonchev–Trinajstić information content (AvgIpc) is 2.92. The number of imidazole rings is 1. The van der Waals surface area contributed by atoms with E-state index < -0.39 is 11.2 Å². The van der Waals surface area contributed by atoms with E-state index in [1.165, 1.54) is 16.3 Å². The summed E-state index contributed by atoms with van der Waals surface area (Å²) in [7, 11) is 1.60. The van der Waals surface area contributed by atoms with Gasteiger partial charge >= 0.3 is 5.69 Å². The van der Waals surface area contributed by atoms with Crippen LogP contribution in [0.3, 0.4) is 0 Å². The maximum Gasteiger partial charge on any atom is 0.329 e. The number of hydrogen-bond donors (Lipinski definition) is 1. The van der Waals surface area contributed by atoms with Gasteiger partial charge in [-0.3, -0.25) is 14.3 Å². The molecule has 0 fully saturated rings. The minimum Gasteiger partial charge on any atom is -0.309 e. The first-order valence-electron chi connectivity index (χ1n) is 7.54. The summed E-state index contributed by atoms with van der Waals surface area (Å²) in [4.78, 5) is 31.1. The fourth-order valence-corrected chi connectivity index (χ4v) is 3.28. The summed E-state index contributed by atoms with van der Waals surface area (Å²) >= 11 is 1.50. The predicted molar refractivity (Wildman–Crippen MR) is 96.7 cm³/mol. The summed E-state index contributed by atoms with van der Waals surface area (Å²) in [6.07, 6.45) is 1.82. The summed E-state index contributed by atoms with van der Waals surface area (Å²) in [6.45, 7) is 6.30. The molecular weight excluding hydrogens is 324 g/mol. The molecule has 2 heterocycles. The fraction of sp³-hybridized carbons (Fsp3) is 0.235. The molecule has 1 N–H and O–H groups in total. The van der Waals surface area contributed by atoms with Gasteiger partial charge < -0.3 is 4.57 Å². The summed E-state index contributed by atoms with van der Waals surface area (Å²) in [5.41, 5.74) is 0.955. The van der Waals surface area contributed by atoms with Crippen LogP contribution in [0.25, 0.3) is 11.2 Å². The lowest BCUT2D eigenvalue weighted by atomic mass is 10.2. The second kappa shape index (κ2) is 6.52. The van der Waals surface area contributed by atoms with Crippen LogP contribution in [-0.2, 0) is 13.6 Å². The molecule has 1 unspecified atom stereocenters. The van der Waals surface area contributed by atoms with E-state index in [0.29, 0.717) is 22.9 Å². The number of aromatic amines is 1. The Bertz CT molecular complexity index is 1000. The van der Waals surface area contributed by atoms with Crippen LogP contribution in [-0.4, -0.2) is 24.4 Å². The van der Waals surface area contributed by atoms with Crippen molar-refractivity contribution in [3.63, 3.8) is 0 Å². The largest absolute Gasteiger partial charge is 0.329 e. The SMILES string of the molecule is C=CC(C)Sc1nc2c(c(=O)[nH]c(=O)n2C)n1Cc1ccccc1. The Morgan fingerprint density at radius 1 is 1.33 bits per heavy atom. The molecule has 0 saturated heterocycles. The molecule has 0 aliphatic heterocycles. The molecule has 0 radical (unpaired) electrons. The highest BCUT2D eigenvalue weighted by molar-refractivity contribution is 7.99. The van der Waals surface area contributed by atoms with E-state index in [4.69, 9.17) is 0 Å². The molecule has 0 amide bonds. The van der Waals surface area contributed by atoms with Crippen molar-refractivity contribution in [3.8, 4) is 0 Å². The van der Waals surface area contributed by atoms with Crippen LogP contribution in [0.15, 0.2) is 57.7 Å². The highest BCUT2D eigenvalue weighted by Crippen LogP contribution is 2.26. The Morgan fingerprint density at radius 3 is 2.71 bits per heavy atom. The van der Waals surface area contributed by atoms with Gasteiger partial charge in [-0.25, -0.2) is 9.78 Å². The highest BCUT2D eigenvalue weighted by Gasteiger charge is 2.18. The molecule has 2 aromatic heterocycles. The van der Waals surface area contributed by atoms with Gasteiger partial charge in [-0.2, -0.15) is 0 Å². The Kier molecular flexibility index (Phi) is 4.44. The minimum absolute atomic E-state index is 0.132. The number of nitrogens with zero attached hydrogens (tertiary/aromatic N) is 3. The van der Waals surface area contributed by atoms with Crippen LogP contribution < -0.4 is 11.2 Å². The van der Waals surface area contributed by atoms with E-state index in [-0.39, 0.29) is 5.25 Å². The van der Waals surface area contributed by atoms with Gasteiger partial charge in [-0.05, 0) is 12.5 Å². The number of H-pyrrole nitrogens is 1. The summed E-state index contributed by atoms with van der Waals surface area (Å²) in [5.74, 6) is 0. The van der Waals surface area contributed by atoms with E-state index in [0.717, 1.165) is 5.56 Å². The van der Waals surface area contributed by atoms with Crippen LogP contribution in [0.1, 0.15) is 12.5 Å². The van der Waals surface area contributed by atoms with Gasteiger partial charge in [0.1, 0.15) is 0 Å². The molecule has 0 saturated carbocycles. The lowest BCUT2D eigenvalue weighted by Crippen LogP contribution is -2.29. The molecule has 1 aromatic carbocycles. The van der Waals surface area contributed by atoms with Crippen LogP contribution in [0.5, 0.6) is 0 Å². The standard InChI is InChI=1S/C17H18N4O2S/c1-4-11(2)24-17-18-14-13(15(22)19-16(23)20(14)3)21(17)10-12-8-6-5-7-9-12/h4-9,11H,1,10H2,2-3H3,(H,19,22,23). The maximum atomic E-state index is 12.4. The molecule has 7 heteroatoms. The predicted octanol–water partition coefficient (Wildman–Crippen LogP) is 2.14. The molecule has 6 nitrogen and oxygen atoms in total. The average molecular weight is 342 g/mol. The Balaban J connectivity index is 2.24. The first-order chi connectivity index (χ1) is 11.5. The van der Waals surface area contributed by atoms with E-state index in [1.54, 1.807) is 7.05 Å². The van der Waals surface area contributed by atoms with Crippen LogP contribution in [0.4, 0.5) is 0 Å². The molecule has 3 aromatic rings. The number of aromatic nitrogens is 4. The lowest BCUT2D eigenvalue weighted by Gasteiger charge is -2.10. The van der Waals surface area contributed by atoms with Crippen molar-refractivity contribution in [1.29, 1.82) is 0 Å². The molecular formula is C17H18N4O2S. The van der Waals surface area contributed by atoms with Crippen molar-refractivity contribution >= 4 is 22.9 Å². The normalized spacial score (nSPS) is 12.4. The van der Waals surface area contributed by atoms with Gasteiger partial charge in [0.25, 0.3) is 5.56 Å². The number of thioether (sulfide) groups is 1. The summed E-state index contributed by atoms with van der Waals surface area (Å²) in [5, 5.41) is 0.820. The molecule has 0 aliphatic rings. The second-order valence-electron chi connectivity index (χ2n) is 5.52. The van der Waals surface area contributed by atoms with Crippen molar-refractivity contribution in [2.45, 2.75) is 23.9 Å². The number of benzene rings is 1. The number of hydrogen-bond acceptors (Lipinski definition) is 4. The first-order valence-corrected chi connectivity index (χ1v) is 8.42. The van der Waals surface area contributed by atoms with Crippen LogP contribution in [0.2, 0.25) is 0 Å². The Labute approximate surface area is 142 Å². The van der Waals surface area contributed by atoms with Crippen LogP contribution in [0, 0.1) is 0 Å². The number of rotatable bonds is 5. The lowest BCUT2D eigenvalue weighted by molar-refractivity contribution is 0.727. The zero-order valence-corrected chi connectivity index (χ0v) is 14.3. The van der Waals surface area contributed by atoms with E-state index in [9.17, 15) is 9.59 Å². The van der Waals surface area contributed by atoms with Gasteiger partial charge in [-0.15, -0.1) is 6.58 Å². The number of nitrogens with one attached hydrogen (secondary N) is 1. The van der Waals surface area contributed by atoms with Gasteiger partial charge in [0, 0.05) is 12.3 Å². The monoisotopic (exact) mass is 342 g/mol. The zero-order chi connectivity index (χ0) is 17.3. The van der Waals surface area contributed by atoms with E-state index >= 15 is 0 Å². The van der Waals surface area contributed by atoms with Crippen molar-refractivity contribution in [3.05, 3.63) is 69.4 Å². The highest BCUT2D eigenvalue weighted by atomic mass is 32.2. The first kappa shape index (κ1) is 16.3. The summed E-state index contributed by atoms with van der Waals surface area (Å²) < 4.78 is 3.22. The topological polar surface area (TPSA) is 72.7 Å². The minimum atomic E-state index is -0.467. The third-order valence-corrected chi connectivity index (χ3v) is 4.87. The maximum absolute atomic E-state index is 12.4. The van der Waals surface area contributed by atoms with Crippen molar-refractivity contribution < 1.29 is 0 Å². The fourth-order valence-electron chi connectivity index (χ4n) is 2.43. The van der Waals surface area contributed by atoms with Crippen LogP contribution >= 0.6 is 11.8 Å². The van der Waals surface area contributed by atoms with Gasteiger partial charge in [0.15, 0.2) is 16.3 Å². The molecule has 1 atom stereocenters. The number of fused-ring (bicyclic) bond motifs is 1. The third-order valence-electron chi connectivity index (χ3n) is 3.78. The number of aryl methyl sites for hydroxylation is 1.